The van der Waals surface area contributed by atoms with Gasteiger partial charge in [0.25, 0.3) is 5.91 Å². The average Bonchev–Trinajstić information content (AvgIpc) is 3.14. The molecule has 3 heterocycles. The van der Waals surface area contributed by atoms with Crippen molar-refractivity contribution in [2.24, 2.45) is 5.92 Å². The van der Waals surface area contributed by atoms with Gasteiger partial charge in [-0.05, 0) is 73.9 Å². The smallest absolute Gasteiger partial charge is 0.264 e. The highest BCUT2D eigenvalue weighted by Gasteiger charge is 2.32. The number of thiophene rings is 1. The van der Waals surface area contributed by atoms with Gasteiger partial charge in [0.1, 0.15) is 0 Å². The van der Waals surface area contributed by atoms with Crippen molar-refractivity contribution in [2.75, 3.05) is 26.2 Å². The van der Waals surface area contributed by atoms with Crippen LogP contribution in [0.1, 0.15) is 59.7 Å². The highest BCUT2D eigenvalue weighted by molar-refractivity contribution is 7.12. The molecule has 4 rings (SSSR count). The van der Waals surface area contributed by atoms with E-state index in [0.29, 0.717) is 18.4 Å². The number of nitrogens with zero attached hydrogens (tertiary/aromatic N) is 1. The van der Waals surface area contributed by atoms with Crippen molar-refractivity contribution in [1.29, 1.82) is 0 Å². The molecule has 3 fully saturated rings. The predicted molar refractivity (Wildman–Crippen MR) is 106 cm³/mol. The maximum absolute atomic E-state index is 12.9. The molecule has 1 aromatic rings. The summed E-state index contributed by atoms with van der Waals surface area (Å²) in [6.45, 7) is 3.23. The molecule has 0 bridgehead atoms. The van der Waals surface area contributed by atoms with Crippen molar-refractivity contribution in [2.45, 2.75) is 50.5 Å². The molecular weight excluding hydrogens is 370 g/mol. The number of piperidine rings is 1. The molecule has 0 spiro atoms. The van der Waals surface area contributed by atoms with Crippen LogP contribution in [-0.2, 0) is 4.79 Å². The minimum Gasteiger partial charge on any atom is -0.354 e. The molecule has 1 aromatic heterocycles. The van der Waals surface area contributed by atoms with Gasteiger partial charge < -0.3 is 15.5 Å². The van der Waals surface area contributed by atoms with Crippen LogP contribution >= 0.6 is 23.7 Å². The van der Waals surface area contributed by atoms with Crippen LogP contribution in [0.2, 0.25) is 0 Å². The maximum Gasteiger partial charge on any atom is 0.264 e. The second kappa shape index (κ2) is 8.72. The Balaban J connectivity index is 0.00000196. The Labute approximate surface area is 165 Å². The third-order valence-corrected chi connectivity index (χ3v) is 6.57. The normalized spacial score (nSPS) is 25.6. The number of hydrogen-bond acceptors (Lipinski definition) is 4. The molecule has 3 aliphatic rings. The minimum absolute atomic E-state index is 0. The molecule has 1 aliphatic carbocycles. The first-order valence-corrected chi connectivity index (χ1v) is 10.5. The number of hydrogen-bond donors (Lipinski definition) is 2. The fourth-order valence-electron chi connectivity index (χ4n) is 4.05. The molecule has 2 saturated heterocycles. The van der Waals surface area contributed by atoms with Crippen molar-refractivity contribution in [3.63, 3.8) is 0 Å². The standard InChI is InChI=1S/C19H27N3O2S.ClH/c23-18(16-4-1-8-20-16)21-11-13-3-2-9-22(12-13)19(24)17-15(7-10-25-17)14-5-6-14;/h7,10,13-14,16,20H,1-6,8-9,11-12H2,(H,21,23);1H. The van der Waals surface area contributed by atoms with Crippen LogP contribution in [0.25, 0.3) is 0 Å². The van der Waals surface area contributed by atoms with Crippen LogP contribution in [0, 0.1) is 5.92 Å². The van der Waals surface area contributed by atoms with Gasteiger partial charge in [-0.2, -0.15) is 0 Å². The van der Waals surface area contributed by atoms with E-state index < -0.39 is 0 Å². The monoisotopic (exact) mass is 397 g/mol. The average molecular weight is 398 g/mol. The van der Waals surface area contributed by atoms with E-state index in [1.54, 1.807) is 11.3 Å². The molecular formula is C19H28ClN3O2S. The van der Waals surface area contributed by atoms with Crippen molar-refractivity contribution in [1.82, 2.24) is 15.5 Å². The molecule has 2 amide bonds. The van der Waals surface area contributed by atoms with Crippen molar-refractivity contribution in [3.8, 4) is 0 Å². The van der Waals surface area contributed by atoms with Gasteiger partial charge in [0, 0.05) is 19.6 Å². The van der Waals surface area contributed by atoms with Gasteiger partial charge in [-0.25, -0.2) is 0 Å². The number of nitrogens with one attached hydrogen (secondary N) is 2. The SMILES string of the molecule is Cl.O=C(NCC1CCCN(C(=O)c2sccc2C2CC2)C1)C1CCCN1. The Morgan fingerprint density at radius 1 is 1.23 bits per heavy atom. The third kappa shape index (κ3) is 4.41. The Morgan fingerprint density at radius 2 is 2.08 bits per heavy atom. The van der Waals surface area contributed by atoms with Crippen molar-refractivity contribution < 1.29 is 9.59 Å². The van der Waals surface area contributed by atoms with E-state index in [0.717, 1.165) is 50.2 Å². The fourth-order valence-corrected chi connectivity index (χ4v) is 5.00. The summed E-state index contributed by atoms with van der Waals surface area (Å²) in [5.41, 5.74) is 1.26. The number of carbonyl (C=O) groups is 2. The fraction of sp³-hybridized carbons (Fsp3) is 0.684. The van der Waals surface area contributed by atoms with Crippen LogP contribution < -0.4 is 10.6 Å². The van der Waals surface area contributed by atoms with E-state index in [1.165, 1.54) is 18.4 Å². The zero-order chi connectivity index (χ0) is 17.2. The first-order chi connectivity index (χ1) is 12.2. The molecule has 2 N–H and O–H groups in total. The van der Waals surface area contributed by atoms with Gasteiger partial charge >= 0.3 is 0 Å². The van der Waals surface area contributed by atoms with E-state index in [-0.39, 0.29) is 30.3 Å². The van der Waals surface area contributed by atoms with Gasteiger partial charge in [-0.15, -0.1) is 23.7 Å². The van der Waals surface area contributed by atoms with Gasteiger partial charge in [-0.3, -0.25) is 9.59 Å². The first-order valence-electron chi connectivity index (χ1n) is 9.60. The summed E-state index contributed by atoms with van der Waals surface area (Å²) in [4.78, 5) is 28.1. The number of halogens is 1. The summed E-state index contributed by atoms with van der Waals surface area (Å²) in [6.07, 6.45) is 6.57. The van der Waals surface area contributed by atoms with E-state index >= 15 is 0 Å². The molecule has 2 unspecified atom stereocenters. The summed E-state index contributed by atoms with van der Waals surface area (Å²) < 4.78 is 0. The third-order valence-electron chi connectivity index (χ3n) is 5.66. The van der Waals surface area contributed by atoms with Gasteiger partial charge in [-0.1, -0.05) is 0 Å². The number of likely N-dealkylation sites (tertiary alicyclic amines) is 1. The zero-order valence-electron chi connectivity index (χ0n) is 15.0. The van der Waals surface area contributed by atoms with Gasteiger partial charge in [0.2, 0.25) is 5.91 Å². The van der Waals surface area contributed by atoms with Crippen LogP contribution in [0.15, 0.2) is 11.4 Å². The molecule has 1 saturated carbocycles. The van der Waals surface area contributed by atoms with E-state index in [1.807, 2.05) is 4.90 Å². The lowest BCUT2D eigenvalue weighted by molar-refractivity contribution is -0.123. The quantitative estimate of drug-likeness (QED) is 0.803. The Hall–Kier alpha value is -1.11. The van der Waals surface area contributed by atoms with E-state index in [9.17, 15) is 9.59 Å². The number of carbonyl (C=O) groups excluding carboxylic acids is 2. The maximum atomic E-state index is 12.9. The predicted octanol–water partition coefficient (Wildman–Crippen LogP) is 2.77. The van der Waals surface area contributed by atoms with E-state index in [4.69, 9.17) is 0 Å². The van der Waals surface area contributed by atoms with Crippen molar-refractivity contribution >= 4 is 35.6 Å². The lowest BCUT2D eigenvalue weighted by atomic mass is 9.97. The highest BCUT2D eigenvalue weighted by atomic mass is 35.5. The summed E-state index contributed by atoms with van der Waals surface area (Å²) in [5, 5.41) is 8.38. The summed E-state index contributed by atoms with van der Waals surface area (Å²) >= 11 is 1.59. The first kappa shape index (κ1) is 19.6. The molecule has 7 heteroatoms. The van der Waals surface area contributed by atoms with Gasteiger partial charge in [0.15, 0.2) is 0 Å². The Kier molecular flexibility index (Phi) is 6.59. The van der Waals surface area contributed by atoms with Gasteiger partial charge in [0.05, 0.1) is 10.9 Å². The van der Waals surface area contributed by atoms with Crippen LogP contribution in [0.5, 0.6) is 0 Å². The minimum atomic E-state index is -0.0199. The lowest BCUT2D eigenvalue weighted by Crippen LogP contribution is -2.46. The lowest BCUT2D eigenvalue weighted by Gasteiger charge is -2.33. The number of amides is 2. The zero-order valence-corrected chi connectivity index (χ0v) is 16.7. The second-order valence-corrected chi connectivity index (χ2v) is 8.55. The molecule has 26 heavy (non-hydrogen) atoms. The van der Waals surface area contributed by atoms with Crippen LogP contribution in [-0.4, -0.2) is 48.9 Å². The summed E-state index contributed by atoms with van der Waals surface area (Å²) in [6, 6.07) is 2.11. The number of rotatable bonds is 5. The second-order valence-electron chi connectivity index (χ2n) is 7.63. The Morgan fingerprint density at radius 3 is 2.81 bits per heavy atom. The topological polar surface area (TPSA) is 61.4 Å². The molecule has 0 aromatic carbocycles. The Bertz CT molecular complexity index is 640. The highest BCUT2D eigenvalue weighted by Crippen LogP contribution is 2.43. The molecule has 0 radical (unpaired) electrons. The molecule has 5 nitrogen and oxygen atoms in total. The molecule has 2 atom stereocenters. The van der Waals surface area contributed by atoms with Crippen LogP contribution in [0.4, 0.5) is 0 Å². The van der Waals surface area contributed by atoms with Crippen LogP contribution in [0.3, 0.4) is 0 Å². The largest absolute Gasteiger partial charge is 0.354 e. The van der Waals surface area contributed by atoms with Crippen molar-refractivity contribution in [3.05, 3.63) is 21.9 Å². The summed E-state index contributed by atoms with van der Waals surface area (Å²) in [7, 11) is 0. The summed E-state index contributed by atoms with van der Waals surface area (Å²) in [5.74, 6) is 1.30. The molecule has 144 valence electrons. The van der Waals surface area contributed by atoms with E-state index in [2.05, 4.69) is 22.1 Å². The molecule has 2 aliphatic heterocycles.